The van der Waals surface area contributed by atoms with E-state index in [1.165, 1.54) is 4.90 Å². The van der Waals surface area contributed by atoms with Gasteiger partial charge in [-0.2, -0.15) is 0 Å². The van der Waals surface area contributed by atoms with Crippen molar-refractivity contribution in [1.82, 2.24) is 4.90 Å². The minimum atomic E-state index is -0.931. The first-order valence-electron chi connectivity index (χ1n) is 7.10. The van der Waals surface area contributed by atoms with Gasteiger partial charge in [0.1, 0.15) is 11.6 Å². The highest BCUT2D eigenvalue weighted by molar-refractivity contribution is 6.39. The predicted octanol–water partition coefficient (Wildman–Crippen LogP) is 2.69. The van der Waals surface area contributed by atoms with E-state index in [-0.39, 0.29) is 11.7 Å². The van der Waals surface area contributed by atoms with Crippen molar-refractivity contribution < 1.29 is 18.4 Å². The van der Waals surface area contributed by atoms with E-state index < -0.39 is 23.4 Å². The zero-order chi connectivity index (χ0) is 15.4. The molecule has 1 saturated heterocycles. The SMILES string of the molecule is CCC1CCCCN1C(=O)C(=O)Nc1cc(F)ccc1F. The second kappa shape index (κ2) is 6.65. The molecule has 0 aliphatic carbocycles. The smallest absolute Gasteiger partial charge is 0.313 e. The zero-order valence-corrected chi connectivity index (χ0v) is 11.9. The molecule has 21 heavy (non-hydrogen) atoms. The number of carbonyl (C=O) groups excluding carboxylic acids is 2. The van der Waals surface area contributed by atoms with E-state index in [0.717, 1.165) is 43.9 Å². The van der Waals surface area contributed by atoms with Crippen LogP contribution in [-0.2, 0) is 9.59 Å². The van der Waals surface area contributed by atoms with Gasteiger partial charge in [-0.3, -0.25) is 9.59 Å². The quantitative estimate of drug-likeness (QED) is 0.853. The third-order valence-electron chi connectivity index (χ3n) is 3.73. The van der Waals surface area contributed by atoms with Crippen LogP contribution in [0.4, 0.5) is 14.5 Å². The molecule has 1 N–H and O–H groups in total. The Morgan fingerprint density at radius 2 is 2.10 bits per heavy atom. The molecule has 0 radical (unpaired) electrons. The Morgan fingerprint density at radius 1 is 1.33 bits per heavy atom. The number of anilines is 1. The average molecular weight is 296 g/mol. The van der Waals surface area contributed by atoms with Crippen molar-refractivity contribution in [3.05, 3.63) is 29.8 Å². The number of carbonyl (C=O) groups is 2. The third kappa shape index (κ3) is 3.56. The molecular weight excluding hydrogens is 278 g/mol. The molecule has 114 valence electrons. The summed E-state index contributed by atoms with van der Waals surface area (Å²) in [5.74, 6) is -3.07. The van der Waals surface area contributed by atoms with Crippen LogP contribution in [0.1, 0.15) is 32.6 Å². The molecule has 0 saturated carbocycles. The van der Waals surface area contributed by atoms with Gasteiger partial charge in [0.05, 0.1) is 5.69 Å². The van der Waals surface area contributed by atoms with Crippen LogP contribution in [0.25, 0.3) is 0 Å². The number of nitrogens with zero attached hydrogens (tertiary/aromatic N) is 1. The van der Waals surface area contributed by atoms with Gasteiger partial charge in [0.25, 0.3) is 0 Å². The molecule has 1 unspecified atom stereocenters. The molecular formula is C15H18F2N2O2. The van der Waals surface area contributed by atoms with Crippen molar-refractivity contribution in [2.24, 2.45) is 0 Å². The Labute approximate surface area is 122 Å². The fraction of sp³-hybridized carbons (Fsp3) is 0.467. The Bertz CT molecular complexity index is 548. The number of piperidine rings is 1. The minimum Gasteiger partial charge on any atom is -0.331 e. The molecule has 1 atom stereocenters. The van der Waals surface area contributed by atoms with Gasteiger partial charge >= 0.3 is 11.8 Å². The third-order valence-corrected chi connectivity index (χ3v) is 3.73. The fourth-order valence-electron chi connectivity index (χ4n) is 2.59. The topological polar surface area (TPSA) is 49.4 Å². The first-order valence-corrected chi connectivity index (χ1v) is 7.10. The fourth-order valence-corrected chi connectivity index (χ4v) is 2.59. The summed E-state index contributed by atoms with van der Waals surface area (Å²) in [6, 6.07) is 2.75. The van der Waals surface area contributed by atoms with Gasteiger partial charge in [-0.25, -0.2) is 8.78 Å². The molecule has 1 fully saturated rings. The van der Waals surface area contributed by atoms with Crippen molar-refractivity contribution in [2.45, 2.75) is 38.6 Å². The number of likely N-dealkylation sites (tertiary alicyclic amines) is 1. The van der Waals surface area contributed by atoms with Gasteiger partial charge < -0.3 is 10.2 Å². The number of hydrogen-bond donors (Lipinski definition) is 1. The standard InChI is InChI=1S/C15H18F2N2O2/c1-2-11-5-3-4-8-19(11)15(21)14(20)18-13-9-10(16)6-7-12(13)17/h6-7,9,11H,2-5,8H2,1H3,(H,18,20). The van der Waals surface area contributed by atoms with Crippen LogP contribution in [-0.4, -0.2) is 29.3 Å². The Kier molecular flexibility index (Phi) is 4.88. The molecule has 1 aliphatic heterocycles. The first-order chi connectivity index (χ1) is 10.0. The molecule has 0 spiro atoms. The maximum absolute atomic E-state index is 13.5. The molecule has 0 bridgehead atoms. The summed E-state index contributed by atoms with van der Waals surface area (Å²) in [7, 11) is 0. The summed E-state index contributed by atoms with van der Waals surface area (Å²) in [6.07, 6.45) is 3.52. The second-order valence-electron chi connectivity index (χ2n) is 5.13. The normalized spacial score (nSPS) is 18.4. The summed E-state index contributed by atoms with van der Waals surface area (Å²) in [6.45, 7) is 2.48. The highest BCUT2D eigenvalue weighted by Gasteiger charge is 2.30. The van der Waals surface area contributed by atoms with Gasteiger partial charge in [0, 0.05) is 18.7 Å². The summed E-state index contributed by atoms with van der Waals surface area (Å²) < 4.78 is 26.5. The molecule has 2 rings (SSSR count). The van der Waals surface area contributed by atoms with Gasteiger partial charge in [-0.15, -0.1) is 0 Å². The molecule has 2 amide bonds. The van der Waals surface area contributed by atoms with E-state index >= 15 is 0 Å². The minimum absolute atomic E-state index is 0.0364. The Balaban J connectivity index is 2.08. The zero-order valence-electron chi connectivity index (χ0n) is 11.9. The lowest BCUT2D eigenvalue weighted by atomic mass is 10.00. The van der Waals surface area contributed by atoms with Crippen molar-refractivity contribution in [3.63, 3.8) is 0 Å². The number of halogens is 2. The number of hydrogen-bond acceptors (Lipinski definition) is 2. The summed E-state index contributed by atoms with van der Waals surface area (Å²) in [5, 5.41) is 2.15. The number of amides is 2. The second-order valence-corrected chi connectivity index (χ2v) is 5.13. The summed E-state index contributed by atoms with van der Waals surface area (Å²) in [4.78, 5) is 25.6. The van der Waals surface area contributed by atoms with E-state index in [4.69, 9.17) is 0 Å². The lowest BCUT2D eigenvalue weighted by molar-refractivity contribution is -0.145. The molecule has 6 heteroatoms. The van der Waals surface area contributed by atoms with E-state index in [0.29, 0.717) is 6.54 Å². The summed E-state index contributed by atoms with van der Waals surface area (Å²) in [5.41, 5.74) is -0.321. The first kappa shape index (κ1) is 15.4. The number of benzene rings is 1. The van der Waals surface area contributed by atoms with E-state index in [1.807, 2.05) is 6.92 Å². The molecule has 1 aliphatic rings. The number of rotatable bonds is 2. The van der Waals surface area contributed by atoms with Gasteiger partial charge in [-0.05, 0) is 37.8 Å². The van der Waals surface area contributed by atoms with E-state index in [2.05, 4.69) is 5.32 Å². The molecule has 1 aromatic carbocycles. The average Bonchev–Trinajstić information content (AvgIpc) is 2.50. The summed E-state index contributed by atoms with van der Waals surface area (Å²) >= 11 is 0. The monoisotopic (exact) mass is 296 g/mol. The number of nitrogens with one attached hydrogen (secondary N) is 1. The molecule has 4 nitrogen and oxygen atoms in total. The van der Waals surface area contributed by atoms with Crippen LogP contribution in [0.2, 0.25) is 0 Å². The van der Waals surface area contributed by atoms with Gasteiger partial charge in [0.15, 0.2) is 0 Å². The maximum atomic E-state index is 13.5. The highest BCUT2D eigenvalue weighted by Crippen LogP contribution is 2.20. The van der Waals surface area contributed by atoms with Crippen molar-refractivity contribution in [1.29, 1.82) is 0 Å². The lowest BCUT2D eigenvalue weighted by Crippen LogP contribution is -2.48. The predicted molar refractivity (Wildman–Crippen MR) is 74.6 cm³/mol. The van der Waals surface area contributed by atoms with Crippen LogP contribution < -0.4 is 5.32 Å². The highest BCUT2D eigenvalue weighted by atomic mass is 19.1. The maximum Gasteiger partial charge on any atom is 0.313 e. The molecule has 1 heterocycles. The van der Waals surface area contributed by atoms with Gasteiger partial charge in [0.2, 0.25) is 0 Å². The molecule has 0 aromatic heterocycles. The van der Waals surface area contributed by atoms with Gasteiger partial charge in [-0.1, -0.05) is 6.92 Å². The van der Waals surface area contributed by atoms with Crippen LogP contribution in [0.3, 0.4) is 0 Å². The van der Waals surface area contributed by atoms with E-state index in [9.17, 15) is 18.4 Å². The van der Waals surface area contributed by atoms with Crippen molar-refractivity contribution >= 4 is 17.5 Å². The Hall–Kier alpha value is -1.98. The Morgan fingerprint density at radius 3 is 2.81 bits per heavy atom. The van der Waals surface area contributed by atoms with Crippen LogP contribution in [0, 0.1) is 11.6 Å². The van der Waals surface area contributed by atoms with Crippen LogP contribution in [0.5, 0.6) is 0 Å². The van der Waals surface area contributed by atoms with Crippen LogP contribution >= 0.6 is 0 Å². The largest absolute Gasteiger partial charge is 0.331 e. The van der Waals surface area contributed by atoms with E-state index in [1.54, 1.807) is 0 Å². The lowest BCUT2D eigenvalue weighted by Gasteiger charge is -2.34. The van der Waals surface area contributed by atoms with Crippen LogP contribution in [0.15, 0.2) is 18.2 Å². The van der Waals surface area contributed by atoms with Crippen molar-refractivity contribution in [2.75, 3.05) is 11.9 Å². The molecule has 1 aromatic rings. The van der Waals surface area contributed by atoms with Crippen molar-refractivity contribution in [3.8, 4) is 0 Å².